The largest absolute Gasteiger partial charge is 0.490 e. The Morgan fingerprint density at radius 3 is 2.72 bits per heavy atom. The first-order chi connectivity index (χ1) is 13.5. The summed E-state index contributed by atoms with van der Waals surface area (Å²) in [5.74, 6) is 3.41. The van der Waals surface area contributed by atoms with E-state index in [0.29, 0.717) is 0 Å². The fourth-order valence-electron chi connectivity index (χ4n) is 2.63. The quantitative estimate of drug-likeness (QED) is 0.571. The molecule has 2 heterocycles. The highest BCUT2D eigenvalue weighted by Crippen LogP contribution is 2.30. The first kappa shape index (κ1) is 22.7. The van der Waals surface area contributed by atoms with Crippen LogP contribution in [0.2, 0.25) is 0 Å². The van der Waals surface area contributed by atoms with Gasteiger partial charge in [0.1, 0.15) is 25.5 Å². The number of aryl methyl sites for hydroxylation is 1. The van der Waals surface area contributed by atoms with Gasteiger partial charge in [-0.05, 0) is 6.92 Å². The lowest BCUT2D eigenvalue weighted by Gasteiger charge is -2.18. The van der Waals surface area contributed by atoms with Gasteiger partial charge in [-0.2, -0.15) is 13.2 Å². The third-order valence-corrected chi connectivity index (χ3v) is 4.01. The number of alkyl halides is 3. The van der Waals surface area contributed by atoms with E-state index in [-0.39, 0.29) is 24.5 Å². The summed E-state index contributed by atoms with van der Waals surface area (Å²) in [6, 6.07) is 0. The maximum atomic E-state index is 12.4. The molecule has 1 aliphatic rings. The van der Waals surface area contributed by atoms with Gasteiger partial charge in [-0.25, -0.2) is 9.59 Å². The van der Waals surface area contributed by atoms with Crippen LogP contribution in [0.5, 0.6) is 0 Å². The minimum absolute atomic E-state index is 0.0117. The number of ether oxygens (including phenoxy) is 3. The molecule has 8 nitrogen and oxygen atoms in total. The van der Waals surface area contributed by atoms with Crippen molar-refractivity contribution in [2.75, 3.05) is 13.2 Å². The van der Waals surface area contributed by atoms with Crippen molar-refractivity contribution < 1.29 is 32.2 Å². The number of halogens is 3. The number of aromatic amines is 1. The molecule has 0 amide bonds. The van der Waals surface area contributed by atoms with Gasteiger partial charge in [-0.15, -0.1) is 0 Å². The van der Waals surface area contributed by atoms with Crippen molar-refractivity contribution in [1.82, 2.24) is 9.55 Å². The molecule has 2 rings (SSSR count). The fraction of sp³-hybridized carbons (Fsp3) is 0.611. The molecule has 1 saturated heterocycles. The Balaban J connectivity index is 2.16. The Morgan fingerprint density at radius 1 is 1.41 bits per heavy atom. The minimum Gasteiger partial charge on any atom is -0.456 e. The number of hydrogen-bond acceptors (Lipinski definition) is 6. The molecule has 1 aliphatic heterocycles. The van der Waals surface area contributed by atoms with Crippen molar-refractivity contribution in [2.45, 2.75) is 51.8 Å². The molecular weight excluding hydrogens is 397 g/mol. The summed E-state index contributed by atoms with van der Waals surface area (Å²) >= 11 is 0. The molecule has 3 atom stereocenters. The number of nitrogens with one attached hydrogen (secondary N) is 1. The molecule has 11 heteroatoms. The van der Waals surface area contributed by atoms with Crippen LogP contribution in [0, 0.1) is 24.7 Å². The van der Waals surface area contributed by atoms with E-state index in [0.717, 1.165) is 4.57 Å². The van der Waals surface area contributed by atoms with E-state index < -0.39 is 48.4 Å². The van der Waals surface area contributed by atoms with Crippen LogP contribution < -0.4 is 11.2 Å². The van der Waals surface area contributed by atoms with Crippen molar-refractivity contribution in [3.05, 3.63) is 32.6 Å². The Labute approximate surface area is 164 Å². The summed E-state index contributed by atoms with van der Waals surface area (Å²) in [5.41, 5.74) is -1.05. The van der Waals surface area contributed by atoms with E-state index in [1.165, 1.54) is 13.1 Å². The number of aromatic nitrogens is 2. The van der Waals surface area contributed by atoms with Crippen LogP contribution in [-0.4, -0.2) is 47.1 Å². The van der Waals surface area contributed by atoms with Gasteiger partial charge in [0.2, 0.25) is 0 Å². The highest BCUT2D eigenvalue weighted by Gasteiger charge is 2.43. The lowest BCUT2D eigenvalue weighted by Crippen LogP contribution is -2.34. The smallest absolute Gasteiger partial charge is 0.456 e. The van der Waals surface area contributed by atoms with E-state index >= 15 is 0 Å². The van der Waals surface area contributed by atoms with Crippen molar-refractivity contribution in [2.24, 2.45) is 5.92 Å². The maximum Gasteiger partial charge on any atom is 0.490 e. The van der Waals surface area contributed by atoms with Gasteiger partial charge in [-0.1, -0.05) is 25.7 Å². The topological polar surface area (TPSA) is 99.6 Å². The summed E-state index contributed by atoms with van der Waals surface area (Å²) in [4.78, 5) is 36.7. The van der Waals surface area contributed by atoms with Gasteiger partial charge in [0.05, 0.1) is 6.10 Å². The van der Waals surface area contributed by atoms with Crippen molar-refractivity contribution in [3.8, 4) is 11.8 Å². The lowest BCUT2D eigenvalue weighted by atomic mass is 10.2. The van der Waals surface area contributed by atoms with Crippen LogP contribution in [0.15, 0.2) is 15.8 Å². The number of rotatable bonds is 5. The zero-order valence-corrected chi connectivity index (χ0v) is 16.0. The first-order valence-corrected chi connectivity index (χ1v) is 8.80. The summed E-state index contributed by atoms with van der Waals surface area (Å²) in [6.45, 7) is 4.52. The van der Waals surface area contributed by atoms with E-state index in [1.807, 2.05) is 13.8 Å². The molecule has 1 N–H and O–H groups in total. The Bertz CT molecular complexity index is 909. The van der Waals surface area contributed by atoms with E-state index in [4.69, 9.17) is 9.47 Å². The number of carbonyl (C=O) groups is 1. The van der Waals surface area contributed by atoms with Gasteiger partial charge in [0, 0.05) is 24.1 Å². The molecule has 0 radical (unpaired) electrons. The van der Waals surface area contributed by atoms with Gasteiger partial charge < -0.3 is 14.2 Å². The first-order valence-electron chi connectivity index (χ1n) is 8.80. The van der Waals surface area contributed by atoms with Crippen LogP contribution in [0.4, 0.5) is 13.2 Å². The third kappa shape index (κ3) is 6.20. The second-order valence-electron chi connectivity index (χ2n) is 6.77. The van der Waals surface area contributed by atoms with Crippen molar-refractivity contribution in [3.63, 3.8) is 0 Å². The molecule has 29 heavy (non-hydrogen) atoms. The van der Waals surface area contributed by atoms with E-state index in [2.05, 4.69) is 21.6 Å². The standard InChI is InChI=1S/C18H21F3N2O6/c1-10(2)5-4-6-27-12-7-14(23-8-11(3)15(24)22-17(23)26)29-13(12)9-28-16(25)18(19,20)21/h8,10,12-14H,6-7,9H2,1-3H3,(H,22,24,26)/t12-,13+,14+/m0/s1. The van der Waals surface area contributed by atoms with Crippen molar-refractivity contribution >= 4 is 5.97 Å². The number of H-pyrrole nitrogens is 1. The predicted molar refractivity (Wildman–Crippen MR) is 94.0 cm³/mol. The van der Waals surface area contributed by atoms with E-state index in [9.17, 15) is 27.6 Å². The molecule has 0 saturated carbocycles. The number of nitrogens with zero attached hydrogens (tertiary/aromatic N) is 1. The molecule has 0 unspecified atom stereocenters. The Hall–Kier alpha value is -2.58. The maximum absolute atomic E-state index is 12.4. The second-order valence-corrected chi connectivity index (χ2v) is 6.77. The van der Waals surface area contributed by atoms with Crippen LogP contribution >= 0.6 is 0 Å². The molecule has 0 aromatic carbocycles. The molecule has 1 aromatic heterocycles. The van der Waals surface area contributed by atoms with Gasteiger partial charge >= 0.3 is 17.8 Å². The summed E-state index contributed by atoms with van der Waals surface area (Å²) in [7, 11) is 0. The highest BCUT2D eigenvalue weighted by molar-refractivity contribution is 5.75. The highest BCUT2D eigenvalue weighted by atomic mass is 19.4. The van der Waals surface area contributed by atoms with Crippen LogP contribution in [-0.2, 0) is 19.0 Å². The average Bonchev–Trinajstić information content (AvgIpc) is 3.01. The van der Waals surface area contributed by atoms with Gasteiger partial charge in [-0.3, -0.25) is 14.3 Å². The average molecular weight is 418 g/mol. The summed E-state index contributed by atoms with van der Waals surface area (Å²) in [5, 5.41) is 0. The molecule has 1 aromatic rings. The number of carbonyl (C=O) groups excluding carboxylic acids is 1. The fourth-order valence-corrected chi connectivity index (χ4v) is 2.63. The van der Waals surface area contributed by atoms with Crippen LogP contribution in [0.1, 0.15) is 32.1 Å². The Kier molecular flexibility index (Phi) is 7.26. The zero-order valence-electron chi connectivity index (χ0n) is 16.0. The SMILES string of the molecule is Cc1cn([C@H]2C[C@H](OCC#CC(C)C)[C@@H](COC(=O)C(F)(F)F)O2)c(=O)[nH]c1=O. The van der Waals surface area contributed by atoms with Gasteiger partial charge in [0.15, 0.2) is 0 Å². The third-order valence-electron chi connectivity index (χ3n) is 4.01. The number of esters is 1. The minimum atomic E-state index is -5.13. The second kappa shape index (κ2) is 9.28. The monoisotopic (exact) mass is 418 g/mol. The molecule has 1 fully saturated rings. The van der Waals surface area contributed by atoms with Crippen LogP contribution in [0.3, 0.4) is 0 Å². The normalized spacial score (nSPS) is 21.7. The zero-order chi connectivity index (χ0) is 21.8. The molecular formula is C18H21F3N2O6. The summed E-state index contributed by atoms with van der Waals surface area (Å²) in [6.07, 6.45) is -6.51. The lowest BCUT2D eigenvalue weighted by molar-refractivity contribution is -0.204. The van der Waals surface area contributed by atoms with Crippen molar-refractivity contribution in [1.29, 1.82) is 0 Å². The molecule has 0 bridgehead atoms. The molecule has 0 spiro atoms. The molecule has 0 aliphatic carbocycles. The molecule has 160 valence electrons. The summed E-state index contributed by atoms with van der Waals surface area (Å²) < 4.78 is 53.7. The van der Waals surface area contributed by atoms with E-state index in [1.54, 1.807) is 0 Å². The predicted octanol–water partition coefficient (Wildman–Crippen LogP) is 1.28. The Morgan fingerprint density at radius 2 is 2.10 bits per heavy atom. The number of hydrogen-bond donors (Lipinski definition) is 1. The van der Waals surface area contributed by atoms with Crippen LogP contribution in [0.25, 0.3) is 0 Å². The van der Waals surface area contributed by atoms with Gasteiger partial charge in [0.25, 0.3) is 5.56 Å².